The molecule has 1 amide bonds. The standard InChI is InChI=1S/C16H13F3N2O3/c1-10(24-15(23)11-4-3-7-20-9-11)14(22)21-13-6-2-5-12(8-13)16(17,18)19/h2-10H,1H3,(H,21,22)/t10-/m0/s1. The fourth-order valence-corrected chi connectivity index (χ4v) is 1.78. The van der Waals surface area contributed by atoms with Crippen LogP contribution in [0.4, 0.5) is 18.9 Å². The smallest absolute Gasteiger partial charge is 0.416 e. The first-order chi connectivity index (χ1) is 11.3. The molecule has 0 saturated heterocycles. The number of pyridine rings is 1. The Hall–Kier alpha value is -2.90. The molecule has 0 spiro atoms. The van der Waals surface area contributed by atoms with Gasteiger partial charge in [-0.15, -0.1) is 0 Å². The van der Waals surface area contributed by atoms with Crippen LogP contribution < -0.4 is 5.32 Å². The number of aromatic nitrogens is 1. The van der Waals surface area contributed by atoms with Crippen LogP contribution in [0.2, 0.25) is 0 Å². The van der Waals surface area contributed by atoms with E-state index in [1.165, 1.54) is 43.6 Å². The van der Waals surface area contributed by atoms with Crippen molar-refractivity contribution in [3.63, 3.8) is 0 Å². The number of alkyl halides is 3. The van der Waals surface area contributed by atoms with Gasteiger partial charge in [0.2, 0.25) is 0 Å². The summed E-state index contributed by atoms with van der Waals surface area (Å²) < 4.78 is 42.9. The number of halogens is 3. The third-order valence-electron chi connectivity index (χ3n) is 3.01. The number of ether oxygens (including phenoxy) is 1. The Morgan fingerprint density at radius 3 is 2.58 bits per heavy atom. The quantitative estimate of drug-likeness (QED) is 0.869. The van der Waals surface area contributed by atoms with Gasteiger partial charge in [-0.3, -0.25) is 9.78 Å². The molecule has 0 aliphatic rings. The number of benzene rings is 1. The molecule has 1 heterocycles. The zero-order chi connectivity index (χ0) is 17.7. The number of nitrogens with one attached hydrogen (secondary N) is 1. The molecule has 1 aromatic carbocycles. The Bertz CT molecular complexity index is 733. The van der Waals surface area contributed by atoms with E-state index in [2.05, 4.69) is 10.3 Å². The summed E-state index contributed by atoms with van der Waals surface area (Å²) in [6.07, 6.45) is -2.95. The highest BCUT2D eigenvalue weighted by Gasteiger charge is 2.30. The topological polar surface area (TPSA) is 68.3 Å². The normalized spacial score (nSPS) is 12.3. The SMILES string of the molecule is C[C@H](OC(=O)c1cccnc1)C(=O)Nc1cccc(C(F)(F)F)c1. The number of esters is 1. The van der Waals surface area contributed by atoms with Crippen LogP contribution in [-0.4, -0.2) is 23.0 Å². The third kappa shape index (κ3) is 4.55. The molecule has 0 bridgehead atoms. The molecule has 5 nitrogen and oxygen atoms in total. The fraction of sp³-hybridized carbons (Fsp3) is 0.188. The van der Waals surface area contributed by atoms with E-state index in [-0.39, 0.29) is 11.3 Å². The van der Waals surface area contributed by atoms with Gasteiger partial charge in [0, 0.05) is 18.1 Å². The van der Waals surface area contributed by atoms with E-state index < -0.39 is 29.7 Å². The van der Waals surface area contributed by atoms with Crippen molar-refractivity contribution >= 4 is 17.6 Å². The molecule has 24 heavy (non-hydrogen) atoms. The van der Waals surface area contributed by atoms with E-state index in [0.717, 1.165) is 12.1 Å². The van der Waals surface area contributed by atoms with Gasteiger partial charge in [0.05, 0.1) is 11.1 Å². The van der Waals surface area contributed by atoms with Gasteiger partial charge in [-0.1, -0.05) is 6.07 Å². The minimum absolute atomic E-state index is 0.0425. The van der Waals surface area contributed by atoms with Crippen LogP contribution in [0.25, 0.3) is 0 Å². The number of nitrogens with zero attached hydrogens (tertiary/aromatic N) is 1. The number of anilines is 1. The van der Waals surface area contributed by atoms with E-state index in [1.54, 1.807) is 0 Å². The lowest BCUT2D eigenvalue weighted by atomic mass is 10.2. The van der Waals surface area contributed by atoms with Gasteiger partial charge < -0.3 is 10.1 Å². The zero-order valence-electron chi connectivity index (χ0n) is 12.5. The van der Waals surface area contributed by atoms with Crippen molar-refractivity contribution in [3.8, 4) is 0 Å². The van der Waals surface area contributed by atoms with E-state index >= 15 is 0 Å². The van der Waals surface area contributed by atoms with E-state index in [1.807, 2.05) is 0 Å². The second-order valence-corrected chi connectivity index (χ2v) is 4.86. The van der Waals surface area contributed by atoms with Crippen LogP contribution in [0.5, 0.6) is 0 Å². The molecule has 0 saturated carbocycles. The summed E-state index contributed by atoms with van der Waals surface area (Å²) in [4.78, 5) is 27.5. The molecule has 0 radical (unpaired) electrons. The van der Waals surface area contributed by atoms with E-state index in [9.17, 15) is 22.8 Å². The first kappa shape index (κ1) is 17.5. The second-order valence-electron chi connectivity index (χ2n) is 4.86. The maximum atomic E-state index is 12.6. The van der Waals surface area contributed by atoms with Crippen molar-refractivity contribution in [1.82, 2.24) is 4.98 Å². The number of carbonyl (C=O) groups excluding carboxylic acids is 2. The number of amides is 1. The van der Waals surface area contributed by atoms with Crippen LogP contribution in [0.3, 0.4) is 0 Å². The van der Waals surface area contributed by atoms with Crippen LogP contribution in [-0.2, 0) is 15.7 Å². The minimum atomic E-state index is -4.51. The highest BCUT2D eigenvalue weighted by atomic mass is 19.4. The van der Waals surface area contributed by atoms with Gasteiger partial charge >= 0.3 is 12.1 Å². The monoisotopic (exact) mass is 338 g/mol. The number of hydrogen-bond donors (Lipinski definition) is 1. The average Bonchev–Trinajstić information content (AvgIpc) is 2.55. The zero-order valence-corrected chi connectivity index (χ0v) is 12.5. The Morgan fingerprint density at radius 2 is 1.96 bits per heavy atom. The highest BCUT2D eigenvalue weighted by molar-refractivity contribution is 5.97. The Balaban J connectivity index is 2.00. The molecular weight excluding hydrogens is 325 g/mol. The minimum Gasteiger partial charge on any atom is -0.449 e. The Kier molecular flexibility index (Phi) is 5.18. The highest BCUT2D eigenvalue weighted by Crippen LogP contribution is 2.30. The maximum absolute atomic E-state index is 12.6. The summed E-state index contributed by atoms with van der Waals surface area (Å²) >= 11 is 0. The molecule has 2 aromatic rings. The largest absolute Gasteiger partial charge is 0.449 e. The molecule has 1 aromatic heterocycles. The Morgan fingerprint density at radius 1 is 1.21 bits per heavy atom. The summed E-state index contributed by atoms with van der Waals surface area (Å²) in [6, 6.07) is 7.17. The molecule has 0 unspecified atom stereocenters. The van der Waals surface area contributed by atoms with Gasteiger partial charge in [0.15, 0.2) is 6.10 Å². The fourth-order valence-electron chi connectivity index (χ4n) is 1.78. The third-order valence-corrected chi connectivity index (χ3v) is 3.01. The average molecular weight is 338 g/mol. The molecule has 8 heteroatoms. The van der Waals surface area contributed by atoms with Crippen LogP contribution in [0.1, 0.15) is 22.8 Å². The number of carbonyl (C=O) groups is 2. The molecule has 1 atom stereocenters. The van der Waals surface area contributed by atoms with Gasteiger partial charge in [-0.05, 0) is 37.3 Å². The van der Waals surface area contributed by atoms with Gasteiger partial charge in [0.25, 0.3) is 5.91 Å². The summed E-state index contributed by atoms with van der Waals surface area (Å²) in [7, 11) is 0. The molecule has 0 fully saturated rings. The molecular formula is C16H13F3N2O3. The van der Waals surface area contributed by atoms with Crippen molar-refractivity contribution in [3.05, 3.63) is 59.9 Å². The first-order valence-corrected chi connectivity index (χ1v) is 6.86. The predicted molar refractivity (Wildman–Crippen MR) is 79.2 cm³/mol. The summed E-state index contributed by atoms with van der Waals surface area (Å²) in [5.74, 6) is -1.50. The van der Waals surface area contributed by atoms with Crippen molar-refractivity contribution in [2.24, 2.45) is 0 Å². The van der Waals surface area contributed by atoms with Gasteiger partial charge in [0.1, 0.15) is 0 Å². The van der Waals surface area contributed by atoms with Crippen molar-refractivity contribution in [2.45, 2.75) is 19.2 Å². The van der Waals surface area contributed by atoms with Crippen molar-refractivity contribution in [1.29, 1.82) is 0 Å². The van der Waals surface area contributed by atoms with Crippen LogP contribution in [0, 0.1) is 0 Å². The summed E-state index contributed by atoms with van der Waals surface area (Å²) in [6.45, 7) is 1.32. The lowest BCUT2D eigenvalue weighted by Gasteiger charge is -2.14. The lowest BCUT2D eigenvalue weighted by molar-refractivity contribution is -0.137. The molecule has 126 valence electrons. The lowest BCUT2D eigenvalue weighted by Crippen LogP contribution is -2.30. The first-order valence-electron chi connectivity index (χ1n) is 6.86. The molecule has 0 aliphatic carbocycles. The van der Waals surface area contributed by atoms with Crippen molar-refractivity contribution < 1.29 is 27.5 Å². The maximum Gasteiger partial charge on any atom is 0.416 e. The molecule has 2 rings (SSSR count). The van der Waals surface area contributed by atoms with Gasteiger partial charge in [-0.25, -0.2) is 4.79 Å². The van der Waals surface area contributed by atoms with E-state index in [4.69, 9.17) is 4.74 Å². The molecule has 1 N–H and O–H groups in total. The molecule has 0 aliphatic heterocycles. The second kappa shape index (κ2) is 7.12. The van der Waals surface area contributed by atoms with Crippen molar-refractivity contribution in [2.75, 3.05) is 5.32 Å². The van der Waals surface area contributed by atoms with E-state index in [0.29, 0.717) is 0 Å². The predicted octanol–water partition coefficient (Wildman–Crippen LogP) is 3.28. The number of rotatable bonds is 4. The van der Waals surface area contributed by atoms with Crippen LogP contribution >= 0.6 is 0 Å². The van der Waals surface area contributed by atoms with Gasteiger partial charge in [-0.2, -0.15) is 13.2 Å². The van der Waals surface area contributed by atoms with Crippen LogP contribution in [0.15, 0.2) is 48.8 Å². The number of hydrogen-bond acceptors (Lipinski definition) is 4. The Labute approximate surface area is 135 Å². The summed E-state index contributed by atoms with van der Waals surface area (Å²) in [5.41, 5.74) is -0.768. The summed E-state index contributed by atoms with van der Waals surface area (Å²) in [5, 5.41) is 2.28.